The molecule has 6 unspecified atom stereocenters. The maximum atomic E-state index is 14.1. The van der Waals surface area contributed by atoms with Crippen LogP contribution in [0.4, 0.5) is 0 Å². The van der Waals surface area contributed by atoms with Crippen LogP contribution in [-0.2, 0) is 35.3 Å². The molecular weight excluding hydrogens is 466 g/mol. The zero-order valence-corrected chi connectivity index (χ0v) is 20.4. The van der Waals surface area contributed by atoms with E-state index in [2.05, 4.69) is 11.6 Å². The molecule has 6 atom stereocenters. The molecule has 0 bridgehead atoms. The van der Waals surface area contributed by atoms with Gasteiger partial charge in [-0.2, -0.15) is 0 Å². The number of imidazole rings is 1. The van der Waals surface area contributed by atoms with Gasteiger partial charge in [0.1, 0.15) is 0 Å². The first-order valence-corrected chi connectivity index (χ1v) is 11.9. The van der Waals surface area contributed by atoms with Crippen molar-refractivity contribution in [2.24, 2.45) is 34.8 Å². The second-order valence-corrected chi connectivity index (χ2v) is 10.3. The fourth-order valence-electron chi connectivity index (χ4n) is 6.65. The van der Waals surface area contributed by atoms with Gasteiger partial charge in [-0.05, 0) is 38.7 Å². The highest BCUT2D eigenvalue weighted by Crippen LogP contribution is 2.59. The smallest absolute Gasteiger partial charge is 0.235 e. The molecule has 3 aliphatic carbocycles. The van der Waals surface area contributed by atoms with Gasteiger partial charge < -0.3 is 15.4 Å². The Morgan fingerprint density at radius 1 is 1.22 bits per heavy atom. The van der Waals surface area contributed by atoms with Crippen molar-refractivity contribution in [3.05, 3.63) is 42.0 Å². The highest BCUT2D eigenvalue weighted by Gasteiger charge is 2.72. The zero-order chi connectivity index (χ0) is 26.7. The second-order valence-electron chi connectivity index (χ2n) is 10.3. The van der Waals surface area contributed by atoms with Crippen LogP contribution in [0.15, 0.2) is 42.0 Å². The summed E-state index contributed by atoms with van der Waals surface area (Å²) in [5, 5.41) is 11.7. The summed E-state index contributed by atoms with van der Waals surface area (Å²) < 4.78 is 1.69. The van der Waals surface area contributed by atoms with Gasteiger partial charge in [0.15, 0.2) is 40.4 Å². The molecule has 1 heterocycles. The van der Waals surface area contributed by atoms with Gasteiger partial charge in [0.05, 0.1) is 17.8 Å². The molecule has 10 nitrogen and oxygen atoms in total. The number of carbonyl (C=O) groups excluding carboxylic acids is 6. The van der Waals surface area contributed by atoms with Crippen LogP contribution in [0.25, 0.3) is 0 Å². The number of Topliss-reactive ketones (excluding diaryl/α,β-unsaturated/α-hetero) is 5. The molecule has 190 valence electrons. The Labute approximate surface area is 207 Å². The van der Waals surface area contributed by atoms with Gasteiger partial charge in [-0.3, -0.25) is 28.8 Å². The van der Waals surface area contributed by atoms with Crippen molar-refractivity contribution < 1.29 is 33.9 Å². The first-order chi connectivity index (χ1) is 16.8. The van der Waals surface area contributed by atoms with Crippen LogP contribution in [0.1, 0.15) is 40.0 Å². The van der Waals surface area contributed by atoms with E-state index in [1.165, 1.54) is 19.4 Å². The van der Waals surface area contributed by atoms with Crippen molar-refractivity contribution in [3.8, 4) is 0 Å². The monoisotopic (exact) mass is 495 g/mol. The predicted molar refractivity (Wildman–Crippen MR) is 125 cm³/mol. The van der Waals surface area contributed by atoms with E-state index in [0.717, 1.165) is 0 Å². The number of primary amides is 1. The predicted octanol–water partition coefficient (Wildman–Crippen LogP) is 0.520. The second kappa shape index (κ2) is 8.55. The summed E-state index contributed by atoms with van der Waals surface area (Å²) in [4.78, 5) is 83.2. The third kappa shape index (κ3) is 3.38. The molecule has 4 rings (SSSR count). The molecule has 0 aromatic carbocycles. The topological polar surface area (TPSA) is 166 Å². The number of rotatable bonds is 6. The number of ketones is 5. The Balaban J connectivity index is 1.99. The Hall–Kier alpha value is -3.53. The quantitative estimate of drug-likeness (QED) is 0.425. The van der Waals surface area contributed by atoms with Gasteiger partial charge in [0, 0.05) is 36.2 Å². The van der Waals surface area contributed by atoms with Crippen LogP contribution in [0.2, 0.25) is 0 Å². The number of nitrogens with two attached hydrogens (primary N) is 1. The first kappa shape index (κ1) is 25.6. The van der Waals surface area contributed by atoms with E-state index >= 15 is 0 Å². The van der Waals surface area contributed by atoms with Crippen LogP contribution in [0.3, 0.4) is 0 Å². The minimum atomic E-state index is -2.75. The molecule has 1 aromatic rings. The summed E-state index contributed by atoms with van der Waals surface area (Å²) in [6.07, 6.45) is 4.91. The molecule has 3 aliphatic rings. The van der Waals surface area contributed by atoms with Crippen molar-refractivity contribution in [3.63, 3.8) is 0 Å². The maximum Gasteiger partial charge on any atom is 0.235 e. The third-order valence-electron chi connectivity index (χ3n) is 8.17. The van der Waals surface area contributed by atoms with Crippen LogP contribution in [0.5, 0.6) is 0 Å². The van der Waals surface area contributed by atoms with Crippen molar-refractivity contribution >= 4 is 34.8 Å². The molecule has 2 fully saturated rings. The number of hydrogen-bond donors (Lipinski definition) is 2. The van der Waals surface area contributed by atoms with E-state index < -0.39 is 69.5 Å². The molecule has 0 saturated heterocycles. The van der Waals surface area contributed by atoms with Gasteiger partial charge >= 0.3 is 0 Å². The van der Waals surface area contributed by atoms with Crippen LogP contribution < -0.4 is 5.73 Å². The Morgan fingerprint density at radius 3 is 2.39 bits per heavy atom. The van der Waals surface area contributed by atoms with E-state index in [9.17, 15) is 33.9 Å². The summed E-state index contributed by atoms with van der Waals surface area (Å²) in [6, 6.07) is 0. The summed E-state index contributed by atoms with van der Waals surface area (Å²) in [5.74, 6) is -11.4. The largest absolute Gasteiger partial charge is 0.374 e. The number of aliphatic hydroxyl groups is 1. The first-order valence-electron chi connectivity index (χ1n) is 11.9. The molecule has 0 radical (unpaired) electrons. The van der Waals surface area contributed by atoms with Gasteiger partial charge in [-0.15, -0.1) is 0 Å². The fourth-order valence-corrected chi connectivity index (χ4v) is 6.65. The van der Waals surface area contributed by atoms with E-state index in [1.807, 2.05) is 0 Å². The molecule has 0 aliphatic heterocycles. The summed E-state index contributed by atoms with van der Waals surface area (Å²) in [7, 11) is 0. The number of hydrogen-bond acceptors (Lipinski definition) is 8. The number of amides is 1. The molecule has 3 N–H and O–H groups in total. The Kier molecular flexibility index (Phi) is 6.07. The van der Waals surface area contributed by atoms with Crippen LogP contribution in [0, 0.1) is 29.1 Å². The molecule has 2 saturated carbocycles. The molecule has 36 heavy (non-hydrogen) atoms. The van der Waals surface area contributed by atoms with Crippen LogP contribution >= 0.6 is 0 Å². The number of aromatic nitrogens is 2. The summed E-state index contributed by atoms with van der Waals surface area (Å²) >= 11 is 0. The molecule has 0 spiro atoms. The van der Waals surface area contributed by atoms with Gasteiger partial charge in [-0.1, -0.05) is 19.1 Å². The minimum absolute atomic E-state index is 0.0484. The highest BCUT2D eigenvalue weighted by atomic mass is 16.3. The van der Waals surface area contributed by atoms with Crippen LogP contribution in [-0.4, -0.2) is 55.1 Å². The molecule has 10 heteroatoms. The normalized spacial score (nSPS) is 34.3. The van der Waals surface area contributed by atoms with E-state index in [4.69, 9.17) is 5.73 Å². The van der Waals surface area contributed by atoms with Gasteiger partial charge in [0.25, 0.3) is 0 Å². The average Bonchev–Trinajstić information content (AvgIpc) is 3.28. The molecule has 1 amide bonds. The lowest BCUT2D eigenvalue weighted by Gasteiger charge is -2.56. The maximum absolute atomic E-state index is 14.1. The molecular formula is C26H29N3O7. The van der Waals surface area contributed by atoms with E-state index in [-0.39, 0.29) is 31.4 Å². The van der Waals surface area contributed by atoms with Crippen molar-refractivity contribution in [2.75, 3.05) is 0 Å². The van der Waals surface area contributed by atoms with E-state index in [1.54, 1.807) is 24.6 Å². The standard InChI is InChI=1S/C26H29N3O7/c1-5-14-16-9-25(10-29-7-6-28-11-29)8-15(12(2)3)17(13(4)30)21(32)19(25)23(34)26(16,36)22(33)18(20(14)31)24(27)35/h6-7,11,14,16,18-19,36H,2,5,8-10H2,1,3-4H3,(H2,27,35). The summed E-state index contributed by atoms with van der Waals surface area (Å²) in [6.45, 7) is 8.59. The van der Waals surface area contributed by atoms with Crippen molar-refractivity contribution in [1.82, 2.24) is 9.55 Å². The van der Waals surface area contributed by atoms with Gasteiger partial charge in [-0.25, -0.2) is 4.98 Å². The Morgan fingerprint density at radius 2 is 1.89 bits per heavy atom. The fraction of sp³-hybridized carbons (Fsp3) is 0.500. The number of nitrogens with zero attached hydrogens (tertiary/aromatic N) is 2. The van der Waals surface area contributed by atoms with Gasteiger partial charge in [0.2, 0.25) is 5.91 Å². The number of fused-ring (bicyclic) bond motifs is 2. The van der Waals surface area contributed by atoms with E-state index in [0.29, 0.717) is 11.1 Å². The van der Waals surface area contributed by atoms with Crippen molar-refractivity contribution in [2.45, 2.75) is 52.2 Å². The lowest BCUT2D eigenvalue weighted by Crippen LogP contribution is -2.73. The number of allylic oxidation sites excluding steroid dienone is 3. The van der Waals surface area contributed by atoms with Crippen molar-refractivity contribution in [1.29, 1.82) is 0 Å². The lowest BCUT2D eigenvalue weighted by molar-refractivity contribution is -0.189. The Bertz CT molecular complexity index is 1260. The third-order valence-corrected chi connectivity index (χ3v) is 8.17. The average molecular weight is 496 g/mol. The number of carbonyl (C=O) groups is 6. The highest BCUT2D eigenvalue weighted by molar-refractivity contribution is 6.34. The lowest BCUT2D eigenvalue weighted by atomic mass is 9.45. The summed E-state index contributed by atoms with van der Waals surface area (Å²) in [5.41, 5.74) is 2.13. The SMILES string of the molecule is C=C(C)C1=C(C(C)=O)C(=O)C2C(=O)C3(O)C(=O)C(C(N)=O)C(=O)C(CC)C3CC2(Cn2ccnc2)C1. The zero-order valence-electron chi connectivity index (χ0n) is 20.4. The minimum Gasteiger partial charge on any atom is -0.374 e. The molecule has 1 aromatic heterocycles.